The highest BCUT2D eigenvalue weighted by Gasteiger charge is 2.21. The van der Waals surface area contributed by atoms with E-state index < -0.39 is 0 Å². The molecule has 0 unspecified atom stereocenters. The lowest BCUT2D eigenvalue weighted by Crippen LogP contribution is -2.38. The van der Waals surface area contributed by atoms with Crippen LogP contribution in [0.25, 0.3) is 0 Å². The van der Waals surface area contributed by atoms with Crippen molar-refractivity contribution >= 4 is 29.9 Å². The van der Waals surface area contributed by atoms with E-state index in [1.807, 2.05) is 6.07 Å². The second kappa shape index (κ2) is 8.39. The summed E-state index contributed by atoms with van der Waals surface area (Å²) >= 11 is 0. The highest BCUT2D eigenvalue weighted by molar-refractivity contribution is 14.0. The second-order valence-electron chi connectivity index (χ2n) is 4.66. The van der Waals surface area contributed by atoms with Crippen LogP contribution in [0.4, 0.5) is 0 Å². The number of nitrogens with zero attached hydrogens (tertiary/aromatic N) is 2. The van der Waals surface area contributed by atoms with E-state index in [9.17, 15) is 0 Å². The molecule has 1 heterocycles. The molecule has 2 N–H and O–H groups in total. The van der Waals surface area contributed by atoms with Crippen molar-refractivity contribution in [3.63, 3.8) is 0 Å². The maximum Gasteiger partial charge on any atom is 0.191 e. The average Bonchev–Trinajstić information content (AvgIpc) is 3.10. The molecule has 1 aromatic heterocycles. The zero-order valence-corrected chi connectivity index (χ0v) is 13.9. The van der Waals surface area contributed by atoms with E-state index >= 15 is 0 Å². The lowest BCUT2D eigenvalue weighted by Gasteiger charge is -2.09. The Morgan fingerprint density at radius 1 is 1.42 bits per heavy atom. The quantitative estimate of drug-likeness (QED) is 0.453. The van der Waals surface area contributed by atoms with Crippen LogP contribution in [-0.2, 0) is 13.0 Å². The number of halogens is 1. The van der Waals surface area contributed by atoms with Crippen LogP contribution in [0.3, 0.4) is 0 Å². The van der Waals surface area contributed by atoms with Crippen molar-refractivity contribution in [1.82, 2.24) is 15.8 Å². The van der Waals surface area contributed by atoms with Crippen LogP contribution >= 0.6 is 24.0 Å². The molecule has 6 heteroatoms. The van der Waals surface area contributed by atoms with Gasteiger partial charge in [0.05, 0.1) is 5.69 Å². The van der Waals surface area contributed by atoms with Crippen LogP contribution in [0, 0.1) is 5.92 Å². The number of rotatable bonds is 6. The van der Waals surface area contributed by atoms with E-state index in [0.717, 1.165) is 42.8 Å². The number of guanidine groups is 1. The lowest BCUT2D eigenvalue weighted by molar-refractivity contribution is 0.379. The van der Waals surface area contributed by atoms with Crippen molar-refractivity contribution in [1.29, 1.82) is 0 Å². The smallest absolute Gasteiger partial charge is 0.191 e. The first-order chi connectivity index (χ1) is 8.81. The van der Waals surface area contributed by atoms with Gasteiger partial charge >= 0.3 is 0 Å². The summed E-state index contributed by atoms with van der Waals surface area (Å²) in [4.78, 5) is 4.49. The molecule has 0 spiro atoms. The van der Waals surface area contributed by atoms with E-state index in [0.29, 0.717) is 6.54 Å². The van der Waals surface area contributed by atoms with Crippen LogP contribution in [0.2, 0.25) is 0 Å². The summed E-state index contributed by atoms with van der Waals surface area (Å²) in [6, 6.07) is 1.97. The number of hydrogen-bond donors (Lipinski definition) is 2. The van der Waals surface area contributed by atoms with Gasteiger partial charge in [0, 0.05) is 19.2 Å². The zero-order valence-electron chi connectivity index (χ0n) is 11.6. The fourth-order valence-corrected chi connectivity index (χ4v) is 1.66. The molecule has 1 aliphatic carbocycles. The molecule has 0 radical (unpaired) electrons. The molecule has 0 amide bonds. The number of aliphatic imine (C=N–C) groups is 1. The lowest BCUT2D eigenvalue weighted by atomic mass is 10.3. The predicted molar refractivity (Wildman–Crippen MR) is 86.8 cm³/mol. The molecule has 5 nitrogen and oxygen atoms in total. The minimum Gasteiger partial charge on any atom is -0.359 e. The average molecular weight is 378 g/mol. The number of aryl methyl sites for hydroxylation is 1. The SMILES string of the molecule is CCNC(=NCc1cc(CC)no1)NCC1CC1.I. The van der Waals surface area contributed by atoms with Crippen molar-refractivity contribution < 1.29 is 4.52 Å². The molecular weight excluding hydrogens is 355 g/mol. The Morgan fingerprint density at radius 2 is 2.21 bits per heavy atom. The Labute approximate surface area is 131 Å². The highest BCUT2D eigenvalue weighted by Crippen LogP contribution is 2.27. The number of nitrogens with one attached hydrogen (secondary N) is 2. The molecular formula is C13H23IN4O. The van der Waals surface area contributed by atoms with Gasteiger partial charge in [-0.25, -0.2) is 4.99 Å². The molecule has 1 fully saturated rings. The van der Waals surface area contributed by atoms with E-state index in [-0.39, 0.29) is 24.0 Å². The minimum absolute atomic E-state index is 0. The van der Waals surface area contributed by atoms with Gasteiger partial charge in [0.1, 0.15) is 6.54 Å². The Kier molecular flexibility index (Phi) is 7.19. The van der Waals surface area contributed by atoms with Gasteiger partial charge in [0.25, 0.3) is 0 Å². The van der Waals surface area contributed by atoms with Gasteiger partial charge in [-0.05, 0) is 32.1 Å². The largest absolute Gasteiger partial charge is 0.359 e. The second-order valence-corrected chi connectivity index (χ2v) is 4.66. The van der Waals surface area contributed by atoms with Crippen molar-refractivity contribution in [2.45, 2.75) is 39.7 Å². The van der Waals surface area contributed by atoms with Gasteiger partial charge in [-0.15, -0.1) is 24.0 Å². The van der Waals surface area contributed by atoms with Crippen LogP contribution in [-0.4, -0.2) is 24.2 Å². The van der Waals surface area contributed by atoms with Gasteiger partial charge in [0.2, 0.25) is 0 Å². The Bertz CT molecular complexity index is 401. The standard InChI is InChI=1S/C13H22N4O.HI/c1-3-11-7-12(18-17-11)9-16-13(14-4-2)15-8-10-5-6-10;/h7,10H,3-6,8-9H2,1-2H3,(H2,14,15,16);1H. The third-order valence-corrected chi connectivity index (χ3v) is 2.96. The summed E-state index contributed by atoms with van der Waals surface area (Å²) in [7, 11) is 0. The molecule has 0 aliphatic heterocycles. The fraction of sp³-hybridized carbons (Fsp3) is 0.692. The first-order valence-electron chi connectivity index (χ1n) is 6.78. The Balaban J connectivity index is 0.00000180. The molecule has 0 aromatic carbocycles. The maximum atomic E-state index is 5.21. The number of hydrogen-bond acceptors (Lipinski definition) is 3. The van der Waals surface area contributed by atoms with Gasteiger partial charge in [-0.3, -0.25) is 0 Å². The summed E-state index contributed by atoms with van der Waals surface area (Å²) in [5.74, 6) is 2.51. The van der Waals surface area contributed by atoms with Crippen LogP contribution in [0.15, 0.2) is 15.6 Å². The zero-order chi connectivity index (χ0) is 12.8. The number of aromatic nitrogens is 1. The van der Waals surface area contributed by atoms with E-state index in [4.69, 9.17) is 4.52 Å². The molecule has 0 atom stereocenters. The van der Waals surface area contributed by atoms with Gasteiger partial charge in [-0.2, -0.15) is 0 Å². The summed E-state index contributed by atoms with van der Waals surface area (Å²) in [6.07, 6.45) is 3.58. The predicted octanol–water partition coefficient (Wildman–Crippen LogP) is 2.32. The van der Waals surface area contributed by atoms with E-state index in [2.05, 4.69) is 34.6 Å². The Morgan fingerprint density at radius 3 is 2.79 bits per heavy atom. The van der Waals surface area contributed by atoms with Crippen molar-refractivity contribution in [2.75, 3.05) is 13.1 Å². The fourth-order valence-electron chi connectivity index (χ4n) is 1.66. The van der Waals surface area contributed by atoms with Crippen LogP contribution in [0.5, 0.6) is 0 Å². The molecule has 0 bridgehead atoms. The van der Waals surface area contributed by atoms with Crippen molar-refractivity contribution in [3.05, 3.63) is 17.5 Å². The molecule has 1 aromatic rings. The molecule has 19 heavy (non-hydrogen) atoms. The Hall–Kier alpha value is -0.790. The van der Waals surface area contributed by atoms with Crippen molar-refractivity contribution in [2.24, 2.45) is 10.9 Å². The van der Waals surface area contributed by atoms with Crippen LogP contribution < -0.4 is 10.6 Å². The van der Waals surface area contributed by atoms with E-state index in [1.165, 1.54) is 12.8 Å². The molecule has 0 saturated heterocycles. The summed E-state index contributed by atoms with van der Waals surface area (Å²) < 4.78 is 5.21. The summed E-state index contributed by atoms with van der Waals surface area (Å²) in [6.45, 7) is 6.55. The third kappa shape index (κ3) is 5.80. The monoisotopic (exact) mass is 378 g/mol. The van der Waals surface area contributed by atoms with Gasteiger partial charge in [-0.1, -0.05) is 12.1 Å². The molecule has 2 rings (SSSR count). The molecule has 1 aliphatic rings. The third-order valence-electron chi connectivity index (χ3n) is 2.96. The maximum absolute atomic E-state index is 5.21. The van der Waals surface area contributed by atoms with Gasteiger partial charge in [0.15, 0.2) is 11.7 Å². The molecule has 108 valence electrons. The summed E-state index contributed by atoms with van der Waals surface area (Å²) in [5.41, 5.74) is 0.983. The van der Waals surface area contributed by atoms with Crippen LogP contribution in [0.1, 0.15) is 38.1 Å². The van der Waals surface area contributed by atoms with E-state index in [1.54, 1.807) is 0 Å². The normalized spacial score (nSPS) is 14.9. The first kappa shape index (κ1) is 16.3. The molecule has 1 saturated carbocycles. The first-order valence-corrected chi connectivity index (χ1v) is 6.78. The highest BCUT2D eigenvalue weighted by atomic mass is 127. The minimum atomic E-state index is 0. The topological polar surface area (TPSA) is 62.5 Å². The van der Waals surface area contributed by atoms with Crippen molar-refractivity contribution in [3.8, 4) is 0 Å². The van der Waals surface area contributed by atoms with Gasteiger partial charge < -0.3 is 15.2 Å². The summed E-state index contributed by atoms with van der Waals surface area (Å²) in [5, 5.41) is 10.5.